The highest BCUT2D eigenvalue weighted by Gasteiger charge is 2.72. The van der Waals surface area contributed by atoms with E-state index in [0.29, 0.717) is 5.02 Å². The Morgan fingerprint density at radius 2 is 1.79 bits per heavy atom. The summed E-state index contributed by atoms with van der Waals surface area (Å²) < 4.78 is 31.3. The molecule has 1 saturated carbocycles. The first-order chi connectivity index (χ1) is 11.5. The summed E-state index contributed by atoms with van der Waals surface area (Å²) in [7, 11) is -2.18. The SMILES string of the molecule is COC[C@@]1(C#N)[C@H](c2ccc(Cl)cc2)[C@@H]1S(=O)(=O)c1ccccc1. The molecule has 2 aromatic rings. The van der Waals surface area contributed by atoms with Gasteiger partial charge in [-0.05, 0) is 29.8 Å². The zero-order valence-corrected chi connectivity index (χ0v) is 14.6. The Kier molecular flexibility index (Phi) is 4.39. The smallest absolute Gasteiger partial charge is 0.183 e. The minimum absolute atomic E-state index is 0.0630. The lowest BCUT2D eigenvalue weighted by Crippen LogP contribution is -2.19. The van der Waals surface area contributed by atoms with Gasteiger partial charge in [0.2, 0.25) is 0 Å². The Bertz CT molecular complexity index is 875. The number of ether oxygens (including phenoxy) is 1. The molecule has 0 unspecified atom stereocenters. The number of hydrogen-bond donors (Lipinski definition) is 0. The van der Waals surface area contributed by atoms with E-state index in [2.05, 4.69) is 6.07 Å². The van der Waals surface area contributed by atoms with E-state index in [1.165, 1.54) is 7.11 Å². The lowest BCUT2D eigenvalue weighted by molar-refractivity contribution is 0.162. The standard InChI is InChI=1S/C18H16ClNO3S/c1-23-12-18(11-20)16(13-7-9-14(19)10-8-13)17(18)24(21,22)15-5-3-2-4-6-15/h2-10,16-17H,12H2,1H3/t16-,17+,18+/m1/s1. The third kappa shape index (κ3) is 2.61. The molecule has 0 aromatic heterocycles. The van der Waals surface area contributed by atoms with E-state index in [1.807, 2.05) is 0 Å². The fourth-order valence-electron chi connectivity index (χ4n) is 3.34. The van der Waals surface area contributed by atoms with Crippen molar-refractivity contribution in [1.82, 2.24) is 0 Å². The van der Waals surface area contributed by atoms with Crippen LogP contribution in [0.25, 0.3) is 0 Å². The van der Waals surface area contributed by atoms with E-state index in [9.17, 15) is 13.7 Å². The second kappa shape index (κ2) is 6.21. The predicted octanol–water partition coefficient (Wildman–Crippen LogP) is 3.44. The lowest BCUT2D eigenvalue weighted by Gasteiger charge is -2.08. The Hall–Kier alpha value is -1.87. The summed E-state index contributed by atoms with van der Waals surface area (Å²) in [5, 5.41) is 9.47. The monoisotopic (exact) mass is 361 g/mol. The van der Waals surface area contributed by atoms with E-state index < -0.39 is 26.4 Å². The summed E-state index contributed by atoms with van der Waals surface area (Å²) in [4.78, 5) is 0.224. The van der Waals surface area contributed by atoms with Crippen LogP contribution in [0.3, 0.4) is 0 Å². The van der Waals surface area contributed by atoms with Crippen LogP contribution in [0.1, 0.15) is 11.5 Å². The van der Waals surface area contributed by atoms with Gasteiger partial charge in [0.05, 0.1) is 22.8 Å². The van der Waals surface area contributed by atoms with Gasteiger partial charge in [0.25, 0.3) is 0 Å². The first kappa shape index (κ1) is 17.0. The molecule has 4 nitrogen and oxygen atoms in total. The van der Waals surface area contributed by atoms with Crippen molar-refractivity contribution in [3.8, 4) is 6.07 Å². The van der Waals surface area contributed by atoms with Crippen LogP contribution in [0.15, 0.2) is 59.5 Å². The minimum Gasteiger partial charge on any atom is -0.383 e. The van der Waals surface area contributed by atoms with Gasteiger partial charge in [-0.3, -0.25) is 0 Å². The van der Waals surface area contributed by atoms with E-state index in [1.54, 1.807) is 54.6 Å². The van der Waals surface area contributed by atoms with Crippen molar-refractivity contribution in [3.05, 3.63) is 65.2 Å². The van der Waals surface area contributed by atoms with Crippen LogP contribution in [-0.4, -0.2) is 27.4 Å². The largest absolute Gasteiger partial charge is 0.383 e. The average molecular weight is 362 g/mol. The average Bonchev–Trinajstić information content (AvgIpc) is 3.26. The van der Waals surface area contributed by atoms with E-state index in [0.717, 1.165) is 5.56 Å². The first-order valence-electron chi connectivity index (χ1n) is 7.42. The van der Waals surface area contributed by atoms with Crippen LogP contribution in [0.4, 0.5) is 0 Å². The van der Waals surface area contributed by atoms with Gasteiger partial charge in [0, 0.05) is 18.1 Å². The number of benzene rings is 2. The van der Waals surface area contributed by atoms with Crippen molar-refractivity contribution in [2.75, 3.05) is 13.7 Å². The second-order valence-electron chi connectivity index (χ2n) is 5.89. The molecule has 0 aliphatic heterocycles. The number of nitriles is 1. The Morgan fingerprint density at radius 3 is 2.33 bits per heavy atom. The van der Waals surface area contributed by atoms with Crippen molar-refractivity contribution >= 4 is 21.4 Å². The quantitative estimate of drug-likeness (QED) is 0.818. The molecule has 1 fully saturated rings. The molecule has 0 heterocycles. The fraction of sp³-hybridized carbons (Fsp3) is 0.278. The number of halogens is 1. The Morgan fingerprint density at radius 1 is 1.17 bits per heavy atom. The molecular formula is C18H16ClNO3S. The third-order valence-corrected chi connectivity index (χ3v) is 7.03. The minimum atomic E-state index is -3.65. The molecule has 3 atom stereocenters. The van der Waals surface area contributed by atoms with Gasteiger partial charge in [0.15, 0.2) is 9.84 Å². The third-order valence-electron chi connectivity index (χ3n) is 4.48. The van der Waals surface area contributed by atoms with Crippen LogP contribution in [0.2, 0.25) is 5.02 Å². The topological polar surface area (TPSA) is 67.2 Å². The number of sulfone groups is 1. The van der Waals surface area contributed by atoms with Crippen LogP contribution in [-0.2, 0) is 14.6 Å². The van der Waals surface area contributed by atoms with Crippen LogP contribution < -0.4 is 0 Å². The summed E-state index contributed by atoms with van der Waals surface area (Å²) in [6.07, 6.45) is 0. The van der Waals surface area contributed by atoms with Crippen LogP contribution >= 0.6 is 11.6 Å². The zero-order chi connectivity index (χ0) is 17.4. The highest BCUT2D eigenvalue weighted by atomic mass is 35.5. The van der Waals surface area contributed by atoms with Crippen LogP contribution in [0.5, 0.6) is 0 Å². The van der Waals surface area contributed by atoms with Gasteiger partial charge < -0.3 is 4.74 Å². The number of nitrogens with zero attached hydrogens (tertiary/aromatic N) is 1. The molecule has 0 amide bonds. The van der Waals surface area contributed by atoms with Crippen LogP contribution in [0, 0.1) is 16.7 Å². The Balaban J connectivity index is 2.08. The molecule has 1 aliphatic carbocycles. The summed E-state index contributed by atoms with van der Waals surface area (Å²) in [6, 6.07) is 17.4. The molecule has 0 N–H and O–H groups in total. The normalized spacial score (nSPS) is 25.9. The van der Waals surface area contributed by atoms with Crippen molar-refractivity contribution in [3.63, 3.8) is 0 Å². The van der Waals surface area contributed by atoms with Gasteiger partial charge in [-0.2, -0.15) is 5.26 Å². The van der Waals surface area contributed by atoms with Crippen molar-refractivity contribution in [1.29, 1.82) is 5.26 Å². The zero-order valence-electron chi connectivity index (χ0n) is 13.0. The van der Waals surface area contributed by atoms with Gasteiger partial charge in [-0.1, -0.05) is 41.9 Å². The first-order valence-corrected chi connectivity index (χ1v) is 9.34. The molecule has 0 saturated heterocycles. The second-order valence-corrected chi connectivity index (χ2v) is 8.40. The Labute approximate surface area is 146 Å². The molecule has 3 rings (SSSR count). The number of methoxy groups -OCH3 is 1. The molecule has 2 aromatic carbocycles. The maximum absolute atomic E-state index is 13.1. The van der Waals surface area contributed by atoms with Crippen molar-refractivity contribution < 1.29 is 13.2 Å². The van der Waals surface area contributed by atoms with Gasteiger partial charge in [0.1, 0.15) is 5.41 Å². The molecule has 0 spiro atoms. The molecule has 6 heteroatoms. The lowest BCUT2D eigenvalue weighted by atomic mass is 10.0. The maximum atomic E-state index is 13.1. The molecular weight excluding hydrogens is 346 g/mol. The van der Waals surface area contributed by atoms with Crippen molar-refractivity contribution in [2.45, 2.75) is 16.1 Å². The molecule has 24 heavy (non-hydrogen) atoms. The van der Waals surface area contributed by atoms with Crippen molar-refractivity contribution in [2.24, 2.45) is 5.41 Å². The summed E-state index contributed by atoms with van der Waals surface area (Å²) in [5.74, 6) is -0.440. The number of rotatable bonds is 5. The van der Waals surface area contributed by atoms with Gasteiger partial charge in [-0.15, -0.1) is 0 Å². The highest BCUT2D eigenvalue weighted by Crippen LogP contribution is 2.63. The van der Waals surface area contributed by atoms with E-state index in [-0.39, 0.29) is 11.5 Å². The van der Waals surface area contributed by atoms with Gasteiger partial charge >= 0.3 is 0 Å². The van der Waals surface area contributed by atoms with E-state index in [4.69, 9.17) is 16.3 Å². The van der Waals surface area contributed by atoms with Gasteiger partial charge in [-0.25, -0.2) is 8.42 Å². The summed E-state index contributed by atoms with van der Waals surface area (Å²) in [5.41, 5.74) is -0.306. The molecule has 0 radical (unpaired) electrons. The molecule has 124 valence electrons. The highest BCUT2D eigenvalue weighted by molar-refractivity contribution is 7.92. The van der Waals surface area contributed by atoms with E-state index >= 15 is 0 Å². The summed E-state index contributed by atoms with van der Waals surface area (Å²) >= 11 is 5.92. The summed E-state index contributed by atoms with van der Waals surface area (Å²) in [6.45, 7) is 0.0630. The molecule has 0 bridgehead atoms. The molecule has 1 aliphatic rings. The maximum Gasteiger partial charge on any atom is 0.183 e. The number of hydrogen-bond acceptors (Lipinski definition) is 4. The fourth-order valence-corrected chi connectivity index (χ4v) is 5.79. The predicted molar refractivity (Wildman–Crippen MR) is 91.5 cm³/mol.